The summed E-state index contributed by atoms with van der Waals surface area (Å²) in [6.07, 6.45) is 3.36. The molecule has 100 valence electrons. The molecule has 0 spiro atoms. The van der Waals surface area contributed by atoms with Crippen LogP contribution in [-0.4, -0.2) is 28.8 Å². The largest absolute Gasteiger partial charge is 0.389 e. The molecule has 1 fully saturated rings. The van der Waals surface area contributed by atoms with Crippen molar-refractivity contribution >= 4 is 10.9 Å². The van der Waals surface area contributed by atoms with Crippen molar-refractivity contribution in [1.82, 2.24) is 10.3 Å². The van der Waals surface area contributed by atoms with Gasteiger partial charge in [0.15, 0.2) is 0 Å². The fourth-order valence-corrected chi connectivity index (χ4v) is 2.96. The number of rotatable bonds is 2. The van der Waals surface area contributed by atoms with E-state index in [1.54, 1.807) is 0 Å². The normalized spacial score (nSPS) is 27.6. The Morgan fingerprint density at radius 1 is 1.37 bits per heavy atom. The highest BCUT2D eigenvalue weighted by molar-refractivity contribution is 5.81. The first kappa shape index (κ1) is 12.6. The van der Waals surface area contributed by atoms with Gasteiger partial charge in [-0.1, -0.05) is 25.1 Å². The molecule has 2 atom stereocenters. The van der Waals surface area contributed by atoms with E-state index in [0.717, 1.165) is 30.4 Å². The van der Waals surface area contributed by atoms with Gasteiger partial charge in [0.2, 0.25) is 0 Å². The first-order valence-electron chi connectivity index (χ1n) is 6.95. The van der Waals surface area contributed by atoms with Crippen molar-refractivity contribution < 1.29 is 5.11 Å². The van der Waals surface area contributed by atoms with Gasteiger partial charge in [0.05, 0.1) is 11.1 Å². The zero-order chi connectivity index (χ0) is 13.3. The summed E-state index contributed by atoms with van der Waals surface area (Å²) in [5.74, 6) is 0.271. The third kappa shape index (κ3) is 2.36. The van der Waals surface area contributed by atoms with Gasteiger partial charge in [0.1, 0.15) is 0 Å². The summed E-state index contributed by atoms with van der Waals surface area (Å²) < 4.78 is 0. The van der Waals surface area contributed by atoms with Gasteiger partial charge in [-0.15, -0.1) is 0 Å². The fourth-order valence-electron chi connectivity index (χ4n) is 2.96. The highest BCUT2D eigenvalue weighted by Crippen LogP contribution is 2.30. The molecule has 3 heteroatoms. The van der Waals surface area contributed by atoms with Gasteiger partial charge in [-0.05, 0) is 36.6 Å². The van der Waals surface area contributed by atoms with Crippen molar-refractivity contribution in [3.8, 4) is 0 Å². The first-order valence-corrected chi connectivity index (χ1v) is 6.95. The number of aliphatic hydroxyl groups is 1. The van der Waals surface area contributed by atoms with Crippen molar-refractivity contribution in [2.24, 2.45) is 5.92 Å². The molecule has 2 N–H and O–H groups in total. The monoisotopic (exact) mass is 256 g/mol. The van der Waals surface area contributed by atoms with Gasteiger partial charge in [0, 0.05) is 24.5 Å². The molecule has 1 aliphatic rings. The van der Waals surface area contributed by atoms with Crippen LogP contribution >= 0.6 is 0 Å². The molecule has 3 rings (SSSR count). The second kappa shape index (κ2) is 4.91. The van der Waals surface area contributed by atoms with E-state index in [4.69, 9.17) is 0 Å². The minimum atomic E-state index is -0.602. The second-order valence-electron chi connectivity index (χ2n) is 5.62. The molecule has 1 aliphatic heterocycles. The Morgan fingerprint density at radius 3 is 3.05 bits per heavy atom. The molecule has 0 aliphatic carbocycles. The SMILES string of the molecule is CC1CNCCC1(O)Cc1ccnc2ccccc12. The third-order valence-electron chi connectivity index (χ3n) is 4.34. The average Bonchev–Trinajstić information content (AvgIpc) is 2.43. The molecule has 0 saturated carbocycles. The van der Waals surface area contributed by atoms with Crippen molar-refractivity contribution in [2.75, 3.05) is 13.1 Å². The number of nitrogens with zero attached hydrogens (tertiary/aromatic N) is 1. The lowest BCUT2D eigenvalue weighted by atomic mass is 9.78. The summed E-state index contributed by atoms with van der Waals surface area (Å²) >= 11 is 0. The molecule has 3 nitrogen and oxygen atoms in total. The number of benzene rings is 1. The highest BCUT2D eigenvalue weighted by Gasteiger charge is 2.36. The Morgan fingerprint density at radius 2 is 2.21 bits per heavy atom. The zero-order valence-corrected chi connectivity index (χ0v) is 11.3. The van der Waals surface area contributed by atoms with Crippen molar-refractivity contribution in [3.63, 3.8) is 0 Å². The van der Waals surface area contributed by atoms with Crippen LogP contribution in [0.25, 0.3) is 10.9 Å². The maximum Gasteiger partial charge on any atom is 0.0737 e. The quantitative estimate of drug-likeness (QED) is 0.865. The number of piperidine rings is 1. The Kier molecular flexibility index (Phi) is 3.25. The Hall–Kier alpha value is -1.45. The van der Waals surface area contributed by atoms with Crippen LogP contribution in [0.5, 0.6) is 0 Å². The van der Waals surface area contributed by atoms with E-state index in [1.807, 2.05) is 30.5 Å². The van der Waals surface area contributed by atoms with Crippen LogP contribution in [0.2, 0.25) is 0 Å². The number of nitrogens with one attached hydrogen (secondary N) is 1. The lowest BCUT2D eigenvalue weighted by Crippen LogP contribution is -2.50. The minimum Gasteiger partial charge on any atom is -0.389 e. The summed E-state index contributed by atoms with van der Waals surface area (Å²) in [5, 5.41) is 15.4. The lowest BCUT2D eigenvalue weighted by Gasteiger charge is -2.39. The van der Waals surface area contributed by atoms with Crippen LogP contribution in [0.1, 0.15) is 18.9 Å². The van der Waals surface area contributed by atoms with E-state index < -0.39 is 5.60 Å². The maximum absolute atomic E-state index is 10.9. The van der Waals surface area contributed by atoms with Gasteiger partial charge in [0.25, 0.3) is 0 Å². The summed E-state index contributed by atoms with van der Waals surface area (Å²) in [6.45, 7) is 3.90. The van der Waals surface area contributed by atoms with Gasteiger partial charge in [-0.2, -0.15) is 0 Å². The van der Waals surface area contributed by atoms with Gasteiger partial charge < -0.3 is 10.4 Å². The van der Waals surface area contributed by atoms with Crippen molar-refractivity contribution in [2.45, 2.75) is 25.4 Å². The Labute approximate surface area is 113 Å². The third-order valence-corrected chi connectivity index (χ3v) is 4.34. The molecule has 0 bridgehead atoms. The Balaban J connectivity index is 1.97. The zero-order valence-electron chi connectivity index (χ0n) is 11.3. The van der Waals surface area contributed by atoms with E-state index in [9.17, 15) is 5.11 Å². The van der Waals surface area contributed by atoms with Crippen LogP contribution in [-0.2, 0) is 6.42 Å². The van der Waals surface area contributed by atoms with Gasteiger partial charge >= 0.3 is 0 Å². The summed E-state index contributed by atoms with van der Waals surface area (Å²) in [4.78, 5) is 4.38. The predicted octanol–water partition coefficient (Wildman–Crippen LogP) is 2.14. The molecule has 2 unspecified atom stereocenters. The maximum atomic E-state index is 10.9. The number of aromatic nitrogens is 1. The predicted molar refractivity (Wildman–Crippen MR) is 77.0 cm³/mol. The van der Waals surface area contributed by atoms with Crippen LogP contribution in [0.3, 0.4) is 0 Å². The Bertz CT molecular complexity index is 578. The molecule has 0 radical (unpaired) electrons. The molecule has 1 saturated heterocycles. The highest BCUT2D eigenvalue weighted by atomic mass is 16.3. The molecule has 2 aromatic rings. The van der Waals surface area contributed by atoms with Gasteiger partial charge in [-0.3, -0.25) is 4.98 Å². The van der Waals surface area contributed by atoms with Crippen LogP contribution in [0, 0.1) is 5.92 Å². The number of fused-ring (bicyclic) bond motifs is 1. The molecule has 1 aromatic carbocycles. The molecule has 0 amide bonds. The van der Waals surface area contributed by atoms with Crippen molar-refractivity contribution in [3.05, 3.63) is 42.1 Å². The lowest BCUT2D eigenvalue weighted by molar-refractivity contribution is -0.0327. The van der Waals surface area contributed by atoms with E-state index in [0.29, 0.717) is 6.42 Å². The summed E-state index contributed by atoms with van der Waals surface area (Å²) in [7, 11) is 0. The molecule has 19 heavy (non-hydrogen) atoms. The first-order chi connectivity index (χ1) is 9.19. The smallest absolute Gasteiger partial charge is 0.0737 e. The number of hydrogen-bond donors (Lipinski definition) is 2. The molecule has 1 aromatic heterocycles. The van der Waals surface area contributed by atoms with E-state index in [1.165, 1.54) is 5.56 Å². The van der Waals surface area contributed by atoms with Crippen LogP contribution < -0.4 is 5.32 Å². The summed E-state index contributed by atoms with van der Waals surface area (Å²) in [5.41, 5.74) is 1.60. The standard InChI is InChI=1S/C16H20N2O/c1-12-11-17-9-7-16(12,19)10-13-6-8-18-15-5-3-2-4-14(13)15/h2-6,8,12,17,19H,7,9-11H2,1H3. The number of para-hydroxylation sites is 1. The topological polar surface area (TPSA) is 45.1 Å². The molecule has 2 heterocycles. The van der Waals surface area contributed by atoms with Crippen molar-refractivity contribution in [1.29, 1.82) is 0 Å². The summed E-state index contributed by atoms with van der Waals surface area (Å²) in [6, 6.07) is 10.2. The second-order valence-corrected chi connectivity index (χ2v) is 5.62. The van der Waals surface area contributed by atoms with E-state index >= 15 is 0 Å². The van der Waals surface area contributed by atoms with E-state index in [-0.39, 0.29) is 5.92 Å². The molecular formula is C16H20N2O. The average molecular weight is 256 g/mol. The van der Waals surface area contributed by atoms with E-state index in [2.05, 4.69) is 23.3 Å². The van der Waals surface area contributed by atoms with Crippen LogP contribution in [0.4, 0.5) is 0 Å². The fraction of sp³-hybridized carbons (Fsp3) is 0.438. The van der Waals surface area contributed by atoms with Gasteiger partial charge in [-0.25, -0.2) is 0 Å². The number of hydrogen-bond acceptors (Lipinski definition) is 3. The number of pyridine rings is 1. The van der Waals surface area contributed by atoms with Crippen LogP contribution in [0.15, 0.2) is 36.5 Å². The minimum absolute atomic E-state index is 0.271. The molecular weight excluding hydrogens is 236 g/mol.